The van der Waals surface area contributed by atoms with Crippen LogP contribution >= 0.6 is 0 Å². The van der Waals surface area contributed by atoms with Crippen LogP contribution in [0.4, 0.5) is 5.69 Å². The summed E-state index contributed by atoms with van der Waals surface area (Å²) in [6, 6.07) is 9.38. The Hall–Kier alpha value is -2.06. The lowest BCUT2D eigenvalue weighted by Crippen LogP contribution is -2.36. The number of hydrogen-bond donors (Lipinski definition) is 1. The number of anilines is 1. The fourth-order valence-corrected chi connectivity index (χ4v) is 1.83. The standard InChI is InChI=1S/C15H21N3O2/c1-12(15(19)20)11-18(8-7-17(2)3)14-6-4-5-13(9-14)10-16/h4-6,9,12H,7-8,11H2,1-3H3,(H,19,20). The van der Waals surface area contributed by atoms with Crippen LogP contribution in [0.25, 0.3) is 0 Å². The van der Waals surface area contributed by atoms with Gasteiger partial charge in [-0.25, -0.2) is 0 Å². The first-order chi connectivity index (χ1) is 9.43. The average molecular weight is 275 g/mol. The van der Waals surface area contributed by atoms with Gasteiger partial charge in [0.15, 0.2) is 0 Å². The van der Waals surface area contributed by atoms with Gasteiger partial charge in [0.2, 0.25) is 0 Å². The van der Waals surface area contributed by atoms with E-state index in [1.807, 2.05) is 36.0 Å². The second-order valence-electron chi connectivity index (χ2n) is 5.15. The fourth-order valence-electron chi connectivity index (χ4n) is 1.83. The van der Waals surface area contributed by atoms with Crippen molar-refractivity contribution in [2.45, 2.75) is 6.92 Å². The number of nitriles is 1. The Morgan fingerprint density at radius 3 is 2.65 bits per heavy atom. The molecule has 0 saturated carbocycles. The maximum Gasteiger partial charge on any atom is 0.308 e. The zero-order valence-electron chi connectivity index (χ0n) is 12.2. The summed E-state index contributed by atoms with van der Waals surface area (Å²) in [6.45, 7) is 3.67. The minimum Gasteiger partial charge on any atom is -0.481 e. The molecule has 1 aromatic carbocycles. The van der Waals surface area contributed by atoms with E-state index in [0.717, 1.165) is 18.8 Å². The molecule has 0 heterocycles. The van der Waals surface area contributed by atoms with Crippen LogP contribution in [0.1, 0.15) is 12.5 Å². The van der Waals surface area contributed by atoms with Crippen molar-refractivity contribution in [3.05, 3.63) is 29.8 Å². The second kappa shape index (κ2) is 7.51. The van der Waals surface area contributed by atoms with Crippen LogP contribution in [-0.2, 0) is 4.79 Å². The average Bonchev–Trinajstić information content (AvgIpc) is 2.42. The van der Waals surface area contributed by atoms with Crippen LogP contribution < -0.4 is 4.90 Å². The van der Waals surface area contributed by atoms with Crippen LogP contribution in [0.3, 0.4) is 0 Å². The third-order valence-electron chi connectivity index (χ3n) is 3.07. The number of nitrogens with zero attached hydrogens (tertiary/aromatic N) is 3. The van der Waals surface area contributed by atoms with Gasteiger partial charge in [0.05, 0.1) is 17.6 Å². The Morgan fingerprint density at radius 1 is 1.40 bits per heavy atom. The van der Waals surface area contributed by atoms with Crippen molar-refractivity contribution in [3.63, 3.8) is 0 Å². The minimum absolute atomic E-state index is 0.429. The highest BCUT2D eigenvalue weighted by molar-refractivity contribution is 5.70. The van der Waals surface area contributed by atoms with Crippen molar-refractivity contribution in [3.8, 4) is 6.07 Å². The molecule has 0 fully saturated rings. The normalized spacial score (nSPS) is 11.9. The molecule has 0 saturated heterocycles. The third-order valence-corrected chi connectivity index (χ3v) is 3.07. The topological polar surface area (TPSA) is 67.6 Å². The van der Waals surface area contributed by atoms with E-state index in [1.54, 1.807) is 19.1 Å². The first-order valence-electron chi connectivity index (χ1n) is 6.56. The summed E-state index contributed by atoms with van der Waals surface area (Å²) in [4.78, 5) is 15.1. The number of carbonyl (C=O) groups is 1. The molecule has 5 nitrogen and oxygen atoms in total. The predicted octanol–water partition coefficient (Wildman–Crippen LogP) is 1.65. The van der Waals surface area contributed by atoms with Crippen molar-refractivity contribution in [1.82, 2.24) is 4.90 Å². The molecule has 0 aliphatic rings. The molecule has 1 N–H and O–H groups in total. The van der Waals surface area contributed by atoms with E-state index in [0.29, 0.717) is 12.1 Å². The van der Waals surface area contributed by atoms with Crippen LogP contribution in [-0.4, -0.2) is 49.7 Å². The first kappa shape index (κ1) is 16.0. The Balaban J connectivity index is 2.90. The summed E-state index contributed by atoms with van der Waals surface area (Å²) in [5, 5.41) is 18.0. The Morgan fingerprint density at radius 2 is 2.10 bits per heavy atom. The third kappa shape index (κ3) is 4.90. The second-order valence-corrected chi connectivity index (χ2v) is 5.15. The molecule has 0 radical (unpaired) electrons. The van der Waals surface area contributed by atoms with Crippen molar-refractivity contribution < 1.29 is 9.90 Å². The van der Waals surface area contributed by atoms with E-state index in [2.05, 4.69) is 6.07 Å². The summed E-state index contributed by atoms with van der Waals surface area (Å²) >= 11 is 0. The lowest BCUT2D eigenvalue weighted by Gasteiger charge is -2.28. The van der Waals surface area contributed by atoms with E-state index < -0.39 is 11.9 Å². The summed E-state index contributed by atoms with van der Waals surface area (Å²) in [5.41, 5.74) is 1.47. The number of aliphatic carboxylic acids is 1. The monoisotopic (exact) mass is 275 g/mol. The lowest BCUT2D eigenvalue weighted by molar-refractivity contribution is -0.140. The smallest absolute Gasteiger partial charge is 0.308 e. The molecule has 0 bridgehead atoms. The minimum atomic E-state index is -0.809. The Kier molecular flexibility index (Phi) is 6.01. The molecule has 0 aliphatic heterocycles. The quantitative estimate of drug-likeness (QED) is 0.819. The molecule has 1 aromatic rings. The van der Waals surface area contributed by atoms with E-state index >= 15 is 0 Å². The van der Waals surface area contributed by atoms with E-state index in [9.17, 15) is 4.79 Å². The first-order valence-corrected chi connectivity index (χ1v) is 6.56. The van der Waals surface area contributed by atoms with Gasteiger partial charge >= 0.3 is 5.97 Å². The SMILES string of the molecule is CC(CN(CCN(C)C)c1cccc(C#N)c1)C(=O)O. The zero-order valence-corrected chi connectivity index (χ0v) is 12.2. The highest BCUT2D eigenvalue weighted by Gasteiger charge is 2.17. The zero-order chi connectivity index (χ0) is 15.1. The van der Waals surface area contributed by atoms with Crippen LogP contribution in [0.15, 0.2) is 24.3 Å². The van der Waals surface area contributed by atoms with Gasteiger partial charge in [-0.2, -0.15) is 5.26 Å². The number of benzene rings is 1. The predicted molar refractivity (Wildman–Crippen MR) is 78.7 cm³/mol. The van der Waals surface area contributed by atoms with E-state index in [4.69, 9.17) is 10.4 Å². The number of carboxylic acid groups (broad SMARTS) is 1. The molecule has 0 aromatic heterocycles. The molecule has 108 valence electrons. The summed E-state index contributed by atoms with van der Waals surface area (Å²) in [5.74, 6) is -1.26. The molecule has 5 heteroatoms. The van der Waals surface area contributed by atoms with Crippen LogP contribution in [0.2, 0.25) is 0 Å². The van der Waals surface area contributed by atoms with Gasteiger partial charge in [-0.3, -0.25) is 4.79 Å². The van der Waals surface area contributed by atoms with E-state index in [1.165, 1.54) is 0 Å². The van der Waals surface area contributed by atoms with Gasteiger partial charge in [0.1, 0.15) is 0 Å². The van der Waals surface area contributed by atoms with Crippen molar-refractivity contribution in [2.75, 3.05) is 38.6 Å². The van der Waals surface area contributed by atoms with Gasteiger partial charge in [-0.15, -0.1) is 0 Å². The molecule has 1 unspecified atom stereocenters. The Labute approximate surface area is 120 Å². The lowest BCUT2D eigenvalue weighted by atomic mass is 10.1. The maximum atomic E-state index is 11.0. The van der Waals surface area contributed by atoms with Gasteiger partial charge in [-0.1, -0.05) is 13.0 Å². The summed E-state index contributed by atoms with van der Waals surface area (Å²) in [7, 11) is 3.95. The van der Waals surface area contributed by atoms with Crippen molar-refractivity contribution in [1.29, 1.82) is 5.26 Å². The number of carboxylic acids is 1. The fraction of sp³-hybridized carbons (Fsp3) is 0.467. The molecule has 0 amide bonds. The molecule has 0 spiro atoms. The van der Waals surface area contributed by atoms with Gasteiger partial charge < -0.3 is 14.9 Å². The molecular weight excluding hydrogens is 254 g/mol. The van der Waals surface area contributed by atoms with Crippen molar-refractivity contribution in [2.24, 2.45) is 5.92 Å². The molecular formula is C15H21N3O2. The molecule has 20 heavy (non-hydrogen) atoms. The van der Waals surface area contributed by atoms with Crippen LogP contribution in [0.5, 0.6) is 0 Å². The Bertz CT molecular complexity index is 494. The number of rotatable bonds is 7. The largest absolute Gasteiger partial charge is 0.481 e. The van der Waals surface area contributed by atoms with Gasteiger partial charge in [-0.05, 0) is 32.3 Å². The van der Waals surface area contributed by atoms with Gasteiger partial charge in [0.25, 0.3) is 0 Å². The number of hydrogen-bond acceptors (Lipinski definition) is 4. The molecule has 0 aliphatic carbocycles. The highest BCUT2D eigenvalue weighted by atomic mass is 16.4. The van der Waals surface area contributed by atoms with Crippen molar-refractivity contribution >= 4 is 11.7 Å². The van der Waals surface area contributed by atoms with E-state index in [-0.39, 0.29) is 0 Å². The maximum absolute atomic E-state index is 11.0. The molecule has 1 atom stereocenters. The van der Waals surface area contributed by atoms with Crippen LogP contribution in [0, 0.1) is 17.2 Å². The summed E-state index contributed by atoms with van der Waals surface area (Å²) in [6.07, 6.45) is 0. The number of likely N-dealkylation sites (N-methyl/N-ethyl adjacent to an activating group) is 1. The molecule has 1 rings (SSSR count). The summed E-state index contributed by atoms with van der Waals surface area (Å²) < 4.78 is 0. The highest BCUT2D eigenvalue weighted by Crippen LogP contribution is 2.17. The van der Waals surface area contributed by atoms with Gasteiger partial charge in [0, 0.05) is 25.3 Å².